The molecule has 4 nitrogen and oxygen atoms in total. The Morgan fingerprint density at radius 2 is 2.22 bits per heavy atom. The Labute approximate surface area is 109 Å². The van der Waals surface area contributed by atoms with Gasteiger partial charge in [0.05, 0.1) is 11.9 Å². The summed E-state index contributed by atoms with van der Waals surface area (Å²) in [6.07, 6.45) is -0.120. The number of benzene rings is 1. The molecule has 5 heteroatoms. The first kappa shape index (κ1) is 12.8. The summed E-state index contributed by atoms with van der Waals surface area (Å²) in [5.41, 5.74) is 8.27. The van der Waals surface area contributed by atoms with Crippen LogP contribution in [0.4, 0.5) is 0 Å². The van der Waals surface area contributed by atoms with Gasteiger partial charge in [-0.05, 0) is 36.8 Å². The number of halogens is 1. The molecule has 1 aromatic carbocycles. The third kappa shape index (κ3) is 2.60. The first-order valence-electron chi connectivity index (χ1n) is 5.51. The number of carboxylic acids is 1. The fourth-order valence-electron chi connectivity index (χ4n) is 1.97. The standard InChI is InChI=1S/C13H13ClN2O2/c1-7-4-9(11(15)6-13(17)18)10-5-8(14)2-3-12(10)16-7/h2-5,11H,6,15H2,1H3,(H,17,18). The molecule has 18 heavy (non-hydrogen) atoms. The number of carbonyl (C=O) groups is 1. The van der Waals surface area contributed by atoms with Gasteiger partial charge in [-0.15, -0.1) is 0 Å². The Hall–Kier alpha value is -1.65. The summed E-state index contributed by atoms with van der Waals surface area (Å²) in [4.78, 5) is 15.1. The molecule has 0 radical (unpaired) electrons. The van der Waals surface area contributed by atoms with Crippen LogP contribution < -0.4 is 5.73 Å². The Morgan fingerprint density at radius 1 is 1.50 bits per heavy atom. The number of hydrogen-bond acceptors (Lipinski definition) is 3. The van der Waals surface area contributed by atoms with Crippen molar-refractivity contribution in [2.24, 2.45) is 5.73 Å². The minimum Gasteiger partial charge on any atom is -0.481 e. The summed E-state index contributed by atoms with van der Waals surface area (Å²) in [5.74, 6) is -0.924. The lowest BCUT2D eigenvalue weighted by atomic mass is 9.99. The van der Waals surface area contributed by atoms with E-state index in [2.05, 4.69) is 4.98 Å². The lowest BCUT2D eigenvalue weighted by Gasteiger charge is -2.13. The van der Waals surface area contributed by atoms with Gasteiger partial charge in [0.2, 0.25) is 0 Å². The van der Waals surface area contributed by atoms with Gasteiger partial charge in [0.15, 0.2) is 0 Å². The van der Waals surface area contributed by atoms with Gasteiger partial charge in [0.25, 0.3) is 0 Å². The van der Waals surface area contributed by atoms with Crippen LogP contribution in [0.3, 0.4) is 0 Å². The average molecular weight is 265 g/mol. The molecular weight excluding hydrogens is 252 g/mol. The number of carboxylic acid groups (broad SMARTS) is 1. The molecule has 0 amide bonds. The van der Waals surface area contributed by atoms with Crippen LogP contribution in [0, 0.1) is 6.92 Å². The van der Waals surface area contributed by atoms with Gasteiger partial charge in [-0.25, -0.2) is 0 Å². The molecule has 0 saturated carbocycles. The zero-order valence-electron chi connectivity index (χ0n) is 9.85. The van der Waals surface area contributed by atoms with Crippen molar-refractivity contribution in [3.63, 3.8) is 0 Å². The molecular formula is C13H13ClN2O2. The molecule has 2 rings (SSSR count). The third-order valence-electron chi connectivity index (χ3n) is 2.72. The Kier molecular flexibility index (Phi) is 3.50. The zero-order valence-corrected chi connectivity index (χ0v) is 10.6. The summed E-state index contributed by atoms with van der Waals surface area (Å²) >= 11 is 5.96. The number of hydrogen-bond donors (Lipinski definition) is 2. The highest BCUT2D eigenvalue weighted by Crippen LogP contribution is 2.27. The van der Waals surface area contributed by atoms with Gasteiger partial charge >= 0.3 is 5.97 Å². The second-order valence-corrected chi connectivity index (χ2v) is 4.66. The number of nitrogens with two attached hydrogens (primary N) is 1. The van der Waals surface area contributed by atoms with Crippen LogP contribution >= 0.6 is 11.6 Å². The van der Waals surface area contributed by atoms with Crippen molar-refractivity contribution < 1.29 is 9.90 Å². The van der Waals surface area contributed by atoms with Gasteiger partial charge in [-0.1, -0.05) is 11.6 Å². The van der Waals surface area contributed by atoms with Gasteiger partial charge in [-0.3, -0.25) is 9.78 Å². The minimum atomic E-state index is -0.924. The average Bonchev–Trinajstić information content (AvgIpc) is 2.27. The van der Waals surface area contributed by atoms with E-state index in [0.717, 1.165) is 22.2 Å². The number of aliphatic carboxylic acids is 1. The SMILES string of the molecule is Cc1cc(C(N)CC(=O)O)c2cc(Cl)ccc2n1. The Morgan fingerprint density at radius 3 is 2.89 bits per heavy atom. The van der Waals surface area contributed by atoms with E-state index in [-0.39, 0.29) is 6.42 Å². The normalized spacial score (nSPS) is 12.6. The maximum atomic E-state index is 10.7. The van der Waals surface area contributed by atoms with Crippen LogP contribution in [-0.2, 0) is 4.79 Å². The van der Waals surface area contributed by atoms with Crippen LogP contribution in [0.2, 0.25) is 5.02 Å². The minimum absolute atomic E-state index is 0.120. The van der Waals surface area contributed by atoms with Gasteiger partial charge < -0.3 is 10.8 Å². The molecule has 1 heterocycles. The van der Waals surface area contributed by atoms with E-state index in [1.165, 1.54) is 0 Å². The molecule has 0 saturated heterocycles. The number of nitrogens with zero attached hydrogens (tertiary/aromatic N) is 1. The second-order valence-electron chi connectivity index (χ2n) is 4.22. The largest absolute Gasteiger partial charge is 0.481 e. The first-order valence-corrected chi connectivity index (χ1v) is 5.89. The van der Waals surface area contributed by atoms with Crippen LogP contribution in [-0.4, -0.2) is 16.1 Å². The number of pyridine rings is 1. The van der Waals surface area contributed by atoms with Gasteiger partial charge in [-0.2, -0.15) is 0 Å². The van der Waals surface area contributed by atoms with Crippen molar-refractivity contribution in [2.45, 2.75) is 19.4 Å². The monoisotopic (exact) mass is 264 g/mol. The Balaban J connectivity index is 2.60. The maximum absolute atomic E-state index is 10.7. The molecule has 1 aromatic heterocycles. The third-order valence-corrected chi connectivity index (χ3v) is 2.96. The molecule has 2 aromatic rings. The predicted octanol–water partition coefficient (Wildman–Crippen LogP) is 2.67. The van der Waals surface area contributed by atoms with Crippen LogP contribution in [0.1, 0.15) is 23.7 Å². The first-order chi connectivity index (χ1) is 8.47. The van der Waals surface area contributed by atoms with E-state index >= 15 is 0 Å². The smallest absolute Gasteiger partial charge is 0.305 e. The number of fused-ring (bicyclic) bond motifs is 1. The summed E-state index contributed by atoms with van der Waals surface area (Å²) in [6.45, 7) is 1.85. The predicted molar refractivity (Wildman–Crippen MR) is 70.7 cm³/mol. The Bertz CT molecular complexity index is 613. The van der Waals surface area contributed by atoms with Crippen molar-refractivity contribution in [3.8, 4) is 0 Å². The van der Waals surface area contributed by atoms with E-state index < -0.39 is 12.0 Å². The highest BCUT2D eigenvalue weighted by Gasteiger charge is 2.15. The fraction of sp³-hybridized carbons (Fsp3) is 0.231. The van der Waals surface area contributed by atoms with Crippen LogP contribution in [0.15, 0.2) is 24.3 Å². The van der Waals surface area contributed by atoms with Crippen LogP contribution in [0.5, 0.6) is 0 Å². The highest BCUT2D eigenvalue weighted by molar-refractivity contribution is 6.31. The molecule has 0 fully saturated rings. The summed E-state index contributed by atoms with van der Waals surface area (Å²) in [6, 6.07) is 6.57. The molecule has 0 bridgehead atoms. The lowest BCUT2D eigenvalue weighted by Crippen LogP contribution is -2.15. The summed E-state index contributed by atoms with van der Waals surface area (Å²) in [7, 11) is 0. The molecule has 0 spiro atoms. The van der Waals surface area contributed by atoms with Gasteiger partial charge in [0.1, 0.15) is 0 Å². The number of aryl methyl sites for hydroxylation is 1. The van der Waals surface area contributed by atoms with Crippen molar-refractivity contribution in [2.75, 3.05) is 0 Å². The van der Waals surface area contributed by atoms with E-state index in [9.17, 15) is 4.79 Å². The van der Waals surface area contributed by atoms with E-state index in [0.29, 0.717) is 5.02 Å². The zero-order chi connectivity index (χ0) is 13.3. The molecule has 3 N–H and O–H groups in total. The highest BCUT2D eigenvalue weighted by atomic mass is 35.5. The van der Waals surface area contributed by atoms with Crippen molar-refractivity contribution in [3.05, 3.63) is 40.5 Å². The van der Waals surface area contributed by atoms with Crippen LogP contribution in [0.25, 0.3) is 10.9 Å². The fourth-order valence-corrected chi connectivity index (χ4v) is 2.14. The number of rotatable bonds is 3. The molecule has 1 unspecified atom stereocenters. The van der Waals surface area contributed by atoms with Crippen molar-refractivity contribution in [1.82, 2.24) is 4.98 Å². The molecule has 0 aliphatic carbocycles. The quantitative estimate of drug-likeness (QED) is 0.894. The molecule has 94 valence electrons. The molecule has 1 atom stereocenters. The number of aromatic nitrogens is 1. The molecule has 0 aliphatic heterocycles. The van der Waals surface area contributed by atoms with Gasteiger partial charge in [0, 0.05) is 22.1 Å². The van der Waals surface area contributed by atoms with E-state index in [1.54, 1.807) is 12.1 Å². The van der Waals surface area contributed by atoms with Crippen molar-refractivity contribution >= 4 is 28.5 Å². The maximum Gasteiger partial charge on any atom is 0.305 e. The second kappa shape index (κ2) is 4.92. The summed E-state index contributed by atoms with van der Waals surface area (Å²) < 4.78 is 0. The lowest BCUT2D eigenvalue weighted by molar-refractivity contribution is -0.137. The van der Waals surface area contributed by atoms with Crippen molar-refractivity contribution in [1.29, 1.82) is 0 Å². The topological polar surface area (TPSA) is 76.2 Å². The van der Waals surface area contributed by atoms with E-state index in [1.807, 2.05) is 19.1 Å². The molecule has 0 aliphatic rings. The summed E-state index contributed by atoms with van der Waals surface area (Å²) in [5, 5.41) is 10.2. The van der Waals surface area contributed by atoms with E-state index in [4.69, 9.17) is 22.4 Å².